The van der Waals surface area contributed by atoms with E-state index in [1.165, 1.54) is 6.92 Å². The molecule has 0 aromatic rings. The Labute approximate surface area is 84.2 Å². The standard InChI is InChI=1S/C8H12F4OS/c1-5(9)8(11,12)7(10)3-4-14-6(2)13/h5,7H,3-4H2,1-2H3. The van der Waals surface area contributed by atoms with Gasteiger partial charge in [0.25, 0.3) is 0 Å². The van der Waals surface area contributed by atoms with Crippen LogP contribution >= 0.6 is 11.8 Å². The summed E-state index contributed by atoms with van der Waals surface area (Å²) in [6.45, 7) is 1.87. The van der Waals surface area contributed by atoms with Crippen molar-refractivity contribution in [1.29, 1.82) is 0 Å². The number of hydrogen-bond donors (Lipinski definition) is 0. The molecule has 0 radical (unpaired) electrons. The van der Waals surface area contributed by atoms with Gasteiger partial charge in [-0.25, -0.2) is 17.6 Å². The van der Waals surface area contributed by atoms with Gasteiger partial charge in [0.1, 0.15) is 0 Å². The van der Waals surface area contributed by atoms with Gasteiger partial charge in [0.05, 0.1) is 0 Å². The Hall–Kier alpha value is -0.260. The van der Waals surface area contributed by atoms with Crippen LogP contribution in [0, 0.1) is 0 Å². The van der Waals surface area contributed by atoms with Gasteiger partial charge in [0, 0.05) is 12.7 Å². The van der Waals surface area contributed by atoms with Crippen molar-refractivity contribution in [2.75, 3.05) is 5.75 Å². The molecule has 0 bridgehead atoms. The van der Waals surface area contributed by atoms with E-state index in [-0.39, 0.29) is 10.9 Å². The van der Waals surface area contributed by atoms with Crippen molar-refractivity contribution < 1.29 is 22.4 Å². The monoisotopic (exact) mass is 232 g/mol. The minimum absolute atomic E-state index is 0.0567. The Bertz CT molecular complexity index is 196. The summed E-state index contributed by atoms with van der Waals surface area (Å²) in [6, 6.07) is 0. The number of alkyl halides is 4. The van der Waals surface area contributed by atoms with Gasteiger partial charge in [-0.15, -0.1) is 0 Å². The molecular formula is C8H12F4OS. The van der Waals surface area contributed by atoms with Gasteiger partial charge in [-0.1, -0.05) is 11.8 Å². The molecule has 0 amide bonds. The molecule has 0 heterocycles. The van der Waals surface area contributed by atoms with Gasteiger partial charge >= 0.3 is 5.92 Å². The highest BCUT2D eigenvalue weighted by molar-refractivity contribution is 8.13. The lowest BCUT2D eigenvalue weighted by molar-refractivity contribution is -0.121. The summed E-state index contributed by atoms with van der Waals surface area (Å²) in [5.74, 6) is -4.02. The van der Waals surface area contributed by atoms with Gasteiger partial charge in [-0.2, -0.15) is 0 Å². The maximum atomic E-state index is 12.8. The van der Waals surface area contributed by atoms with Crippen LogP contribution in [0.5, 0.6) is 0 Å². The zero-order valence-corrected chi connectivity index (χ0v) is 8.71. The number of carbonyl (C=O) groups excluding carboxylic acids is 1. The van der Waals surface area contributed by atoms with Gasteiger partial charge in [0.2, 0.25) is 0 Å². The first-order valence-electron chi connectivity index (χ1n) is 4.07. The van der Waals surface area contributed by atoms with Crippen LogP contribution in [0.3, 0.4) is 0 Å². The molecule has 0 rings (SSSR count). The van der Waals surface area contributed by atoms with Crippen molar-refractivity contribution in [1.82, 2.24) is 0 Å². The van der Waals surface area contributed by atoms with Crippen LogP contribution in [-0.4, -0.2) is 29.1 Å². The quantitative estimate of drug-likeness (QED) is 0.678. The van der Waals surface area contributed by atoms with Gasteiger partial charge in [0.15, 0.2) is 17.5 Å². The molecule has 2 unspecified atom stereocenters. The van der Waals surface area contributed by atoms with E-state index in [1.807, 2.05) is 0 Å². The molecule has 6 heteroatoms. The average Bonchev–Trinajstić information content (AvgIpc) is 2.02. The number of halogens is 4. The second-order valence-corrected chi connectivity index (χ2v) is 4.16. The predicted molar refractivity (Wildman–Crippen MR) is 48.2 cm³/mol. The van der Waals surface area contributed by atoms with Crippen LogP contribution < -0.4 is 0 Å². The van der Waals surface area contributed by atoms with Crippen molar-refractivity contribution in [2.24, 2.45) is 0 Å². The summed E-state index contributed by atoms with van der Waals surface area (Å²) in [6.07, 6.45) is -5.57. The lowest BCUT2D eigenvalue weighted by Gasteiger charge is -2.21. The van der Waals surface area contributed by atoms with E-state index >= 15 is 0 Å². The number of hydrogen-bond acceptors (Lipinski definition) is 2. The van der Waals surface area contributed by atoms with E-state index in [9.17, 15) is 22.4 Å². The maximum Gasteiger partial charge on any atom is 0.308 e. The lowest BCUT2D eigenvalue weighted by atomic mass is 10.1. The van der Waals surface area contributed by atoms with Crippen LogP contribution in [0.25, 0.3) is 0 Å². The van der Waals surface area contributed by atoms with E-state index in [4.69, 9.17) is 0 Å². The van der Waals surface area contributed by atoms with Crippen LogP contribution in [0.1, 0.15) is 20.3 Å². The Kier molecular flexibility index (Phi) is 5.48. The van der Waals surface area contributed by atoms with Crippen LogP contribution in [-0.2, 0) is 4.79 Å². The van der Waals surface area contributed by atoms with Crippen molar-refractivity contribution in [3.05, 3.63) is 0 Å². The fraction of sp³-hybridized carbons (Fsp3) is 0.875. The average molecular weight is 232 g/mol. The molecule has 0 saturated carbocycles. The number of thioether (sulfide) groups is 1. The van der Waals surface area contributed by atoms with E-state index in [1.54, 1.807) is 0 Å². The molecule has 0 aliphatic heterocycles. The molecule has 1 nitrogen and oxygen atoms in total. The van der Waals surface area contributed by atoms with E-state index < -0.39 is 24.7 Å². The molecule has 14 heavy (non-hydrogen) atoms. The third-order valence-electron chi connectivity index (χ3n) is 1.62. The topological polar surface area (TPSA) is 17.1 Å². The summed E-state index contributed by atoms with van der Waals surface area (Å²) in [7, 11) is 0. The lowest BCUT2D eigenvalue weighted by Crippen LogP contribution is -2.38. The van der Waals surface area contributed by atoms with E-state index in [0.717, 1.165) is 11.8 Å². The van der Waals surface area contributed by atoms with E-state index in [2.05, 4.69) is 0 Å². The van der Waals surface area contributed by atoms with Gasteiger partial charge in [-0.05, 0) is 13.3 Å². The highest BCUT2D eigenvalue weighted by atomic mass is 32.2. The van der Waals surface area contributed by atoms with Crippen LogP contribution in [0.4, 0.5) is 17.6 Å². The van der Waals surface area contributed by atoms with Crippen molar-refractivity contribution in [3.8, 4) is 0 Å². The summed E-state index contributed by atoms with van der Waals surface area (Å²) in [5, 5.41) is -0.270. The molecule has 0 aliphatic carbocycles. The summed E-state index contributed by atoms with van der Waals surface area (Å²) in [4.78, 5) is 10.4. The summed E-state index contributed by atoms with van der Waals surface area (Å²) >= 11 is 0.753. The third kappa shape index (κ3) is 4.30. The Morgan fingerprint density at radius 1 is 1.43 bits per heavy atom. The first-order valence-corrected chi connectivity index (χ1v) is 5.06. The fourth-order valence-corrected chi connectivity index (χ4v) is 1.36. The Balaban J connectivity index is 3.95. The normalized spacial score (nSPS) is 16.4. The highest BCUT2D eigenvalue weighted by Crippen LogP contribution is 2.30. The molecule has 84 valence electrons. The van der Waals surface area contributed by atoms with Gasteiger partial charge < -0.3 is 0 Å². The van der Waals surface area contributed by atoms with Crippen molar-refractivity contribution in [2.45, 2.75) is 38.5 Å². The Morgan fingerprint density at radius 3 is 2.29 bits per heavy atom. The molecule has 0 aromatic heterocycles. The smallest absolute Gasteiger partial charge is 0.288 e. The molecule has 0 aromatic carbocycles. The third-order valence-corrected chi connectivity index (χ3v) is 2.47. The number of carbonyl (C=O) groups is 1. The molecule has 0 fully saturated rings. The van der Waals surface area contributed by atoms with Crippen molar-refractivity contribution >= 4 is 16.9 Å². The first kappa shape index (κ1) is 13.7. The van der Waals surface area contributed by atoms with Crippen LogP contribution in [0.15, 0.2) is 0 Å². The zero-order valence-electron chi connectivity index (χ0n) is 7.90. The second kappa shape index (κ2) is 5.58. The highest BCUT2D eigenvalue weighted by Gasteiger charge is 2.45. The second-order valence-electron chi connectivity index (χ2n) is 2.89. The molecule has 0 saturated heterocycles. The number of rotatable bonds is 5. The SMILES string of the molecule is CC(=O)SCCC(F)C(F)(F)C(C)F. The molecular weight excluding hydrogens is 220 g/mol. The van der Waals surface area contributed by atoms with Crippen LogP contribution in [0.2, 0.25) is 0 Å². The van der Waals surface area contributed by atoms with Gasteiger partial charge in [-0.3, -0.25) is 4.79 Å². The summed E-state index contributed by atoms with van der Waals surface area (Å²) < 4.78 is 50.3. The largest absolute Gasteiger partial charge is 0.308 e. The Morgan fingerprint density at radius 2 is 1.93 bits per heavy atom. The zero-order chi connectivity index (χ0) is 11.4. The minimum atomic E-state index is -3.96. The first-order chi connectivity index (χ1) is 6.28. The van der Waals surface area contributed by atoms with Crippen molar-refractivity contribution in [3.63, 3.8) is 0 Å². The minimum Gasteiger partial charge on any atom is -0.288 e. The molecule has 0 spiro atoms. The molecule has 0 aliphatic rings. The fourth-order valence-electron chi connectivity index (χ4n) is 0.748. The summed E-state index contributed by atoms with van der Waals surface area (Å²) in [5.41, 5.74) is 0. The van der Waals surface area contributed by atoms with E-state index in [0.29, 0.717) is 6.92 Å². The maximum absolute atomic E-state index is 12.8. The predicted octanol–water partition coefficient (Wildman–Crippen LogP) is 2.99. The molecule has 0 N–H and O–H groups in total. The molecule has 2 atom stereocenters.